The molecule has 1 N–H and O–H groups in total. The zero-order chi connectivity index (χ0) is 12.8. The molecule has 1 aromatic rings. The van der Waals surface area contributed by atoms with Crippen LogP contribution in [0.4, 0.5) is 0 Å². The van der Waals surface area contributed by atoms with E-state index in [2.05, 4.69) is 6.08 Å². The molecule has 3 heteroatoms. The number of aliphatic hydroxyl groups is 1. The molecule has 1 aliphatic rings. The van der Waals surface area contributed by atoms with E-state index in [0.717, 1.165) is 24.2 Å². The second-order valence-electron chi connectivity index (χ2n) is 4.66. The predicted octanol–water partition coefficient (Wildman–Crippen LogP) is 3.97. The largest absolute Gasteiger partial charge is 0.491 e. The Morgan fingerprint density at radius 2 is 1.94 bits per heavy atom. The van der Waals surface area contributed by atoms with E-state index in [4.69, 9.17) is 16.3 Å². The summed E-state index contributed by atoms with van der Waals surface area (Å²) in [6.45, 7) is 0.313. The predicted molar refractivity (Wildman–Crippen MR) is 74.1 cm³/mol. The Bertz CT molecular complexity index is 397. The average Bonchev–Trinajstić information content (AvgIpc) is 2.66. The number of rotatable bonds is 4. The lowest BCUT2D eigenvalue weighted by Gasteiger charge is -2.15. The molecule has 98 valence electrons. The van der Waals surface area contributed by atoms with Crippen molar-refractivity contribution in [3.63, 3.8) is 0 Å². The van der Waals surface area contributed by atoms with Crippen molar-refractivity contribution in [2.45, 2.75) is 38.2 Å². The van der Waals surface area contributed by atoms with Crippen LogP contribution in [0, 0.1) is 0 Å². The highest BCUT2D eigenvalue weighted by molar-refractivity contribution is 6.30. The van der Waals surface area contributed by atoms with Gasteiger partial charge in [-0.1, -0.05) is 24.1 Å². The Morgan fingerprint density at radius 1 is 1.17 bits per heavy atom. The highest BCUT2D eigenvalue weighted by Crippen LogP contribution is 2.21. The molecule has 0 radical (unpaired) electrons. The summed E-state index contributed by atoms with van der Waals surface area (Å²) < 4.78 is 5.57. The number of aliphatic hydroxyl groups excluding tert-OH is 1. The summed E-state index contributed by atoms with van der Waals surface area (Å²) in [6.07, 6.45) is 7.41. The van der Waals surface area contributed by atoms with E-state index in [-0.39, 0.29) is 0 Å². The molecular formula is C15H19ClO2. The minimum Gasteiger partial charge on any atom is -0.491 e. The maximum absolute atomic E-state index is 10.1. The lowest BCUT2D eigenvalue weighted by atomic mass is 10.1. The summed E-state index contributed by atoms with van der Waals surface area (Å²) in [5, 5.41) is 10.8. The van der Waals surface area contributed by atoms with Crippen molar-refractivity contribution in [2.24, 2.45) is 0 Å². The fourth-order valence-electron chi connectivity index (χ4n) is 2.16. The Hall–Kier alpha value is -0.990. The zero-order valence-corrected chi connectivity index (χ0v) is 11.2. The maximum atomic E-state index is 10.1. The summed E-state index contributed by atoms with van der Waals surface area (Å²) in [6, 6.07) is 7.20. The number of ether oxygens (including phenoxy) is 1. The Labute approximate surface area is 113 Å². The van der Waals surface area contributed by atoms with E-state index in [9.17, 15) is 5.11 Å². The number of hydrogen-bond donors (Lipinski definition) is 1. The SMILES string of the molecule is OC(COc1ccc(Cl)cc1)C1=CCCCCC1. The van der Waals surface area contributed by atoms with Crippen molar-refractivity contribution in [2.75, 3.05) is 6.61 Å². The van der Waals surface area contributed by atoms with Crippen LogP contribution < -0.4 is 4.74 Å². The number of halogens is 1. The molecule has 18 heavy (non-hydrogen) atoms. The molecule has 0 spiro atoms. The van der Waals surface area contributed by atoms with Crippen molar-refractivity contribution in [3.05, 3.63) is 40.9 Å². The van der Waals surface area contributed by atoms with Gasteiger partial charge in [0.05, 0.1) is 0 Å². The lowest BCUT2D eigenvalue weighted by molar-refractivity contribution is 0.132. The molecule has 0 amide bonds. The summed E-state index contributed by atoms with van der Waals surface area (Å²) in [5.41, 5.74) is 1.13. The standard InChI is InChI=1S/C15H19ClO2/c16-13-7-9-14(10-8-13)18-11-15(17)12-5-3-1-2-4-6-12/h5,7-10,15,17H,1-4,6,11H2. The van der Waals surface area contributed by atoms with Gasteiger partial charge in [-0.05, 0) is 55.5 Å². The van der Waals surface area contributed by atoms with Crippen LogP contribution in [0.2, 0.25) is 5.02 Å². The summed E-state index contributed by atoms with van der Waals surface area (Å²) in [5.74, 6) is 0.743. The van der Waals surface area contributed by atoms with Crippen molar-refractivity contribution in [3.8, 4) is 5.75 Å². The van der Waals surface area contributed by atoms with Gasteiger partial charge in [-0.3, -0.25) is 0 Å². The average molecular weight is 267 g/mol. The normalized spacial score (nSPS) is 17.8. The first-order valence-electron chi connectivity index (χ1n) is 6.51. The van der Waals surface area contributed by atoms with Gasteiger partial charge in [-0.25, -0.2) is 0 Å². The lowest BCUT2D eigenvalue weighted by Crippen LogP contribution is -2.20. The number of allylic oxidation sites excluding steroid dienone is 1. The van der Waals surface area contributed by atoms with Crippen LogP contribution in [0.3, 0.4) is 0 Å². The highest BCUT2D eigenvalue weighted by Gasteiger charge is 2.13. The van der Waals surface area contributed by atoms with Crippen LogP contribution in [-0.4, -0.2) is 17.8 Å². The van der Waals surface area contributed by atoms with Crippen LogP contribution >= 0.6 is 11.6 Å². The Morgan fingerprint density at radius 3 is 2.72 bits per heavy atom. The van der Waals surface area contributed by atoms with E-state index < -0.39 is 6.10 Å². The first-order valence-corrected chi connectivity index (χ1v) is 6.89. The van der Waals surface area contributed by atoms with Crippen LogP contribution in [-0.2, 0) is 0 Å². The zero-order valence-electron chi connectivity index (χ0n) is 10.4. The first kappa shape index (κ1) is 13.4. The molecule has 0 aliphatic heterocycles. The smallest absolute Gasteiger partial charge is 0.119 e. The van der Waals surface area contributed by atoms with E-state index in [1.54, 1.807) is 12.1 Å². The van der Waals surface area contributed by atoms with Crippen molar-refractivity contribution in [1.82, 2.24) is 0 Å². The molecule has 0 bridgehead atoms. The Balaban J connectivity index is 1.85. The molecule has 1 atom stereocenters. The van der Waals surface area contributed by atoms with Gasteiger partial charge in [0.2, 0.25) is 0 Å². The highest BCUT2D eigenvalue weighted by atomic mass is 35.5. The summed E-state index contributed by atoms with van der Waals surface area (Å²) in [4.78, 5) is 0. The van der Waals surface area contributed by atoms with Crippen molar-refractivity contribution < 1.29 is 9.84 Å². The third-order valence-electron chi connectivity index (χ3n) is 3.23. The molecule has 1 unspecified atom stereocenters. The van der Waals surface area contributed by atoms with Crippen LogP contribution in [0.15, 0.2) is 35.9 Å². The van der Waals surface area contributed by atoms with Gasteiger partial charge in [-0.2, -0.15) is 0 Å². The fraction of sp³-hybridized carbons (Fsp3) is 0.467. The van der Waals surface area contributed by atoms with Gasteiger partial charge in [0.1, 0.15) is 18.5 Å². The van der Waals surface area contributed by atoms with E-state index in [0.29, 0.717) is 11.6 Å². The summed E-state index contributed by atoms with van der Waals surface area (Å²) in [7, 11) is 0. The van der Waals surface area contributed by atoms with Gasteiger partial charge >= 0.3 is 0 Å². The molecule has 0 fully saturated rings. The van der Waals surface area contributed by atoms with Gasteiger partial charge < -0.3 is 9.84 Å². The van der Waals surface area contributed by atoms with Crippen molar-refractivity contribution in [1.29, 1.82) is 0 Å². The molecule has 1 aliphatic carbocycles. The number of hydrogen-bond acceptors (Lipinski definition) is 2. The van der Waals surface area contributed by atoms with Crippen LogP contribution in [0.1, 0.15) is 32.1 Å². The molecule has 0 heterocycles. The van der Waals surface area contributed by atoms with Crippen LogP contribution in [0.25, 0.3) is 0 Å². The molecule has 1 aromatic carbocycles. The Kier molecular flexibility index (Phi) is 5.09. The second kappa shape index (κ2) is 6.81. The third kappa shape index (κ3) is 4.04. The van der Waals surface area contributed by atoms with Gasteiger partial charge in [0, 0.05) is 5.02 Å². The van der Waals surface area contributed by atoms with E-state index >= 15 is 0 Å². The van der Waals surface area contributed by atoms with Crippen molar-refractivity contribution >= 4 is 11.6 Å². The quantitative estimate of drug-likeness (QED) is 0.836. The van der Waals surface area contributed by atoms with Crippen LogP contribution in [0.5, 0.6) is 5.75 Å². The molecular weight excluding hydrogens is 248 g/mol. The van der Waals surface area contributed by atoms with Gasteiger partial charge in [0.25, 0.3) is 0 Å². The third-order valence-corrected chi connectivity index (χ3v) is 3.48. The topological polar surface area (TPSA) is 29.5 Å². The van der Waals surface area contributed by atoms with E-state index in [1.807, 2.05) is 12.1 Å². The van der Waals surface area contributed by atoms with E-state index in [1.165, 1.54) is 19.3 Å². The minimum atomic E-state index is -0.487. The molecule has 0 aromatic heterocycles. The first-order chi connectivity index (χ1) is 8.75. The molecule has 2 nitrogen and oxygen atoms in total. The van der Waals surface area contributed by atoms with Gasteiger partial charge in [0.15, 0.2) is 0 Å². The monoisotopic (exact) mass is 266 g/mol. The molecule has 0 saturated carbocycles. The minimum absolute atomic E-state index is 0.313. The number of benzene rings is 1. The van der Waals surface area contributed by atoms with Gasteiger partial charge in [-0.15, -0.1) is 0 Å². The second-order valence-corrected chi connectivity index (χ2v) is 5.10. The maximum Gasteiger partial charge on any atom is 0.119 e. The molecule has 2 rings (SSSR count). The fourth-order valence-corrected chi connectivity index (χ4v) is 2.28. The molecule has 0 saturated heterocycles. The summed E-state index contributed by atoms with van der Waals surface area (Å²) >= 11 is 5.80.